The Kier molecular flexibility index (Phi) is 12.7. The molecule has 2 N–H and O–H groups in total. The van der Waals surface area contributed by atoms with Crippen molar-refractivity contribution in [1.29, 1.82) is 0 Å². The summed E-state index contributed by atoms with van der Waals surface area (Å²) in [7, 11) is -3.03. The molecule has 162 valence electrons. The molecular formula is C17H27F3IN3O3S. The second kappa shape index (κ2) is 13.2. The van der Waals surface area contributed by atoms with E-state index >= 15 is 0 Å². The zero-order chi connectivity index (χ0) is 20.3. The van der Waals surface area contributed by atoms with Crippen LogP contribution >= 0.6 is 24.0 Å². The van der Waals surface area contributed by atoms with Crippen LogP contribution in [0.15, 0.2) is 29.3 Å². The monoisotopic (exact) mass is 537 g/mol. The van der Waals surface area contributed by atoms with Gasteiger partial charge in [0.15, 0.2) is 5.96 Å². The van der Waals surface area contributed by atoms with E-state index in [1.807, 2.05) is 6.92 Å². The Bertz CT molecular complexity index is 696. The van der Waals surface area contributed by atoms with E-state index in [0.717, 1.165) is 24.0 Å². The quantitative estimate of drug-likeness (QED) is 0.208. The second-order valence-electron chi connectivity index (χ2n) is 5.87. The van der Waals surface area contributed by atoms with Gasteiger partial charge in [0.2, 0.25) is 0 Å². The van der Waals surface area contributed by atoms with Gasteiger partial charge < -0.3 is 15.4 Å². The number of nitrogens with zero attached hydrogens (tertiary/aromatic N) is 1. The standard InChI is InChI=1S/C17H26F3N3O3S.HI/c1-3-21-16(23-10-11-26-12-13-27(2,24)25)22-9-8-14-4-6-15(7-5-14)17(18,19)20;/h4-7H,3,8-13H2,1-2H3,(H2,21,22,23);1H. The predicted molar refractivity (Wildman–Crippen MR) is 115 cm³/mol. The number of guanidine groups is 1. The van der Waals surface area contributed by atoms with E-state index in [2.05, 4.69) is 15.6 Å². The highest BCUT2D eigenvalue weighted by atomic mass is 127. The van der Waals surface area contributed by atoms with E-state index < -0.39 is 21.6 Å². The van der Waals surface area contributed by atoms with Crippen LogP contribution in [0.5, 0.6) is 0 Å². The number of rotatable bonds is 10. The highest BCUT2D eigenvalue weighted by molar-refractivity contribution is 14.0. The van der Waals surface area contributed by atoms with E-state index in [9.17, 15) is 21.6 Å². The lowest BCUT2D eigenvalue weighted by Gasteiger charge is -2.12. The summed E-state index contributed by atoms with van der Waals surface area (Å²) in [6.07, 6.45) is -2.63. The number of benzene rings is 1. The number of alkyl halides is 3. The second-order valence-corrected chi connectivity index (χ2v) is 8.13. The van der Waals surface area contributed by atoms with Crippen LogP contribution in [-0.4, -0.2) is 59.2 Å². The highest BCUT2D eigenvalue weighted by Crippen LogP contribution is 2.29. The fourth-order valence-electron chi connectivity index (χ4n) is 2.06. The fourth-order valence-corrected chi connectivity index (χ4v) is 2.48. The van der Waals surface area contributed by atoms with Crippen molar-refractivity contribution in [1.82, 2.24) is 10.6 Å². The lowest BCUT2D eigenvalue weighted by atomic mass is 10.1. The molecule has 0 spiro atoms. The molecule has 0 amide bonds. The van der Waals surface area contributed by atoms with Crippen LogP contribution in [0.4, 0.5) is 13.2 Å². The average Bonchev–Trinajstić information content (AvgIpc) is 2.56. The molecule has 6 nitrogen and oxygen atoms in total. The Labute approximate surface area is 181 Å². The summed E-state index contributed by atoms with van der Waals surface area (Å²) in [5, 5.41) is 6.15. The first-order valence-electron chi connectivity index (χ1n) is 8.55. The van der Waals surface area contributed by atoms with Crippen molar-refractivity contribution < 1.29 is 26.3 Å². The van der Waals surface area contributed by atoms with Gasteiger partial charge >= 0.3 is 6.18 Å². The Morgan fingerprint density at radius 1 is 1.14 bits per heavy atom. The maximum atomic E-state index is 12.5. The van der Waals surface area contributed by atoms with Crippen molar-refractivity contribution in [2.45, 2.75) is 19.5 Å². The minimum Gasteiger partial charge on any atom is -0.378 e. The smallest absolute Gasteiger partial charge is 0.378 e. The van der Waals surface area contributed by atoms with Crippen molar-refractivity contribution in [3.63, 3.8) is 0 Å². The van der Waals surface area contributed by atoms with Gasteiger partial charge in [-0.05, 0) is 31.0 Å². The zero-order valence-electron chi connectivity index (χ0n) is 15.9. The average molecular weight is 537 g/mol. The summed E-state index contributed by atoms with van der Waals surface area (Å²) in [5.41, 5.74) is 0.125. The molecule has 1 rings (SSSR count). The maximum Gasteiger partial charge on any atom is 0.416 e. The van der Waals surface area contributed by atoms with Crippen molar-refractivity contribution in [3.05, 3.63) is 35.4 Å². The van der Waals surface area contributed by atoms with Gasteiger partial charge in [-0.25, -0.2) is 8.42 Å². The summed E-state index contributed by atoms with van der Waals surface area (Å²) in [6.45, 7) is 3.86. The Morgan fingerprint density at radius 3 is 2.32 bits per heavy atom. The van der Waals surface area contributed by atoms with Crippen LogP contribution in [-0.2, 0) is 27.2 Å². The minimum absolute atomic E-state index is 0. The number of sulfone groups is 1. The Balaban J connectivity index is 0.00000729. The number of hydrogen-bond donors (Lipinski definition) is 2. The lowest BCUT2D eigenvalue weighted by molar-refractivity contribution is -0.137. The summed E-state index contributed by atoms with van der Waals surface area (Å²) >= 11 is 0. The van der Waals surface area contributed by atoms with Crippen molar-refractivity contribution in [2.75, 3.05) is 44.9 Å². The van der Waals surface area contributed by atoms with E-state index in [1.54, 1.807) is 0 Å². The van der Waals surface area contributed by atoms with Gasteiger partial charge in [-0.2, -0.15) is 13.2 Å². The summed E-state index contributed by atoms with van der Waals surface area (Å²) in [4.78, 5) is 4.30. The molecule has 0 bridgehead atoms. The van der Waals surface area contributed by atoms with Crippen LogP contribution in [0.3, 0.4) is 0 Å². The lowest BCUT2D eigenvalue weighted by Crippen LogP contribution is -2.38. The largest absolute Gasteiger partial charge is 0.416 e. The maximum absolute atomic E-state index is 12.5. The normalized spacial score (nSPS) is 12.4. The molecule has 0 aliphatic carbocycles. The Morgan fingerprint density at radius 2 is 1.79 bits per heavy atom. The SMILES string of the molecule is CCNC(=NCCOCCS(C)(=O)=O)NCCc1ccc(C(F)(F)F)cc1.I. The molecule has 11 heteroatoms. The molecule has 1 aromatic carbocycles. The highest BCUT2D eigenvalue weighted by Gasteiger charge is 2.29. The van der Waals surface area contributed by atoms with Gasteiger partial charge in [-0.3, -0.25) is 4.99 Å². The molecular weight excluding hydrogens is 510 g/mol. The minimum atomic E-state index is -4.33. The zero-order valence-corrected chi connectivity index (χ0v) is 19.0. The molecule has 0 fully saturated rings. The molecule has 0 radical (unpaired) electrons. The van der Waals surface area contributed by atoms with Gasteiger partial charge in [-0.1, -0.05) is 12.1 Å². The number of hydrogen-bond acceptors (Lipinski definition) is 4. The first-order chi connectivity index (χ1) is 12.6. The van der Waals surface area contributed by atoms with E-state index in [4.69, 9.17) is 4.74 Å². The third-order valence-electron chi connectivity index (χ3n) is 3.44. The number of halogens is 4. The van der Waals surface area contributed by atoms with Gasteiger partial charge in [0.05, 0.1) is 31.1 Å². The molecule has 1 aromatic rings. The van der Waals surface area contributed by atoms with Crippen molar-refractivity contribution in [3.8, 4) is 0 Å². The molecule has 0 unspecified atom stereocenters. The summed E-state index contributed by atoms with van der Waals surface area (Å²) < 4.78 is 64.8. The number of ether oxygens (including phenoxy) is 1. The van der Waals surface area contributed by atoms with E-state index in [-0.39, 0.29) is 36.3 Å². The van der Waals surface area contributed by atoms with Gasteiger partial charge in [-0.15, -0.1) is 24.0 Å². The summed E-state index contributed by atoms with van der Waals surface area (Å²) in [6, 6.07) is 5.07. The fraction of sp³-hybridized carbons (Fsp3) is 0.588. The van der Waals surface area contributed by atoms with Crippen molar-refractivity contribution >= 4 is 39.8 Å². The topological polar surface area (TPSA) is 79.8 Å². The molecule has 0 aliphatic rings. The van der Waals surface area contributed by atoms with Crippen LogP contribution in [0.2, 0.25) is 0 Å². The first-order valence-corrected chi connectivity index (χ1v) is 10.6. The molecule has 0 aliphatic heterocycles. The molecule has 0 heterocycles. The van der Waals surface area contributed by atoms with Gasteiger partial charge in [0.1, 0.15) is 9.84 Å². The van der Waals surface area contributed by atoms with E-state index in [1.165, 1.54) is 12.1 Å². The van der Waals surface area contributed by atoms with Crippen LogP contribution < -0.4 is 10.6 Å². The van der Waals surface area contributed by atoms with Crippen LogP contribution in [0, 0.1) is 0 Å². The number of nitrogens with one attached hydrogen (secondary N) is 2. The van der Waals surface area contributed by atoms with Crippen LogP contribution in [0.1, 0.15) is 18.1 Å². The number of aliphatic imine (C=N–C) groups is 1. The molecule has 0 aromatic heterocycles. The van der Waals surface area contributed by atoms with Gasteiger partial charge in [0.25, 0.3) is 0 Å². The third kappa shape index (κ3) is 12.4. The van der Waals surface area contributed by atoms with Crippen molar-refractivity contribution in [2.24, 2.45) is 4.99 Å². The van der Waals surface area contributed by atoms with E-state index in [0.29, 0.717) is 38.6 Å². The first kappa shape index (κ1) is 26.9. The molecule has 0 saturated heterocycles. The molecule has 28 heavy (non-hydrogen) atoms. The van der Waals surface area contributed by atoms with Gasteiger partial charge in [0, 0.05) is 19.3 Å². The Hall–Kier alpha value is -1.08. The molecule has 0 saturated carbocycles. The summed E-state index contributed by atoms with van der Waals surface area (Å²) in [5.74, 6) is 0.540. The van der Waals surface area contributed by atoms with Crippen LogP contribution in [0.25, 0.3) is 0 Å². The predicted octanol–water partition coefficient (Wildman–Crippen LogP) is 2.48. The molecule has 0 atom stereocenters. The third-order valence-corrected chi connectivity index (χ3v) is 4.34.